The van der Waals surface area contributed by atoms with Crippen LogP contribution in [0.25, 0.3) is 0 Å². The lowest BCUT2D eigenvalue weighted by atomic mass is 9.78. The molecule has 2 aromatic carbocycles. The number of fused-ring (bicyclic) bond motifs is 1. The fraction of sp³-hybridized carbons (Fsp3) is 0.407. The van der Waals surface area contributed by atoms with Gasteiger partial charge >= 0.3 is 6.03 Å². The largest absolute Gasteiger partial charge is 0.326 e. The van der Waals surface area contributed by atoms with E-state index in [1.807, 2.05) is 6.07 Å². The molecule has 2 saturated heterocycles. The van der Waals surface area contributed by atoms with Crippen molar-refractivity contribution in [3.63, 3.8) is 0 Å². The van der Waals surface area contributed by atoms with Crippen LogP contribution in [0.4, 0.5) is 19.3 Å². The Morgan fingerprint density at radius 1 is 1.05 bits per heavy atom. The number of nitrogens with zero attached hydrogens (tertiary/aromatic N) is 2. The van der Waals surface area contributed by atoms with Crippen LogP contribution >= 0.6 is 0 Å². The van der Waals surface area contributed by atoms with E-state index in [4.69, 9.17) is 0 Å². The van der Waals surface area contributed by atoms with E-state index < -0.39 is 40.6 Å². The first-order valence-electron chi connectivity index (χ1n) is 12.2. The summed E-state index contributed by atoms with van der Waals surface area (Å²) in [5.74, 6) is -2.54. The Balaban J connectivity index is 1.34. The number of anilines is 1. The van der Waals surface area contributed by atoms with Crippen molar-refractivity contribution < 1.29 is 28.0 Å². The second-order valence-corrected chi connectivity index (χ2v) is 10.8. The first-order chi connectivity index (χ1) is 17.4. The number of carbonyl (C=O) groups is 4. The van der Waals surface area contributed by atoms with Crippen LogP contribution in [0.2, 0.25) is 0 Å². The maximum absolute atomic E-state index is 13.9. The first kappa shape index (κ1) is 24.9. The van der Waals surface area contributed by atoms with Gasteiger partial charge in [-0.05, 0) is 53.8 Å². The third kappa shape index (κ3) is 4.24. The molecular weight excluding hydrogens is 482 g/mol. The van der Waals surface area contributed by atoms with E-state index >= 15 is 0 Å². The molecule has 37 heavy (non-hydrogen) atoms. The van der Waals surface area contributed by atoms with Crippen molar-refractivity contribution >= 4 is 29.4 Å². The lowest BCUT2D eigenvalue weighted by molar-refractivity contribution is -0.150. The molecule has 2 aliphatic heterocycles. The van der Waals surface area contributed by atoms with Gasteiger partial charge in [0.25, 0.3) is 5.91 Å². The number of piperidine rings is 1. The van der Waals surface area contributed by atoms with Crippen molar-refractivity contribution in [3.8, 4) is 0 Å². The van der Waals surface area contributed by atoms with Crippen LogP contribution in [-0.4, -0.2) is 52.7 Å². The van der Waals surface area contributed by atoms with Gasteiger partial charge in [-0.15, -0.1) is 0 Å². The van der Waals surface area contributed by atoms with Crippen LogP contribution in [0.5, 0.6) is 0 Å². The first-order valence-corrected chi connectivity index (χ1v) is 12.2. The topological polar surface area (TPSA) is 98.8 Å². The molecule has 2 aromatic rings. The van der Waals surface area contributed by atoms with Crippen molar-refractivity contribution in [1.29, 1.82) is 0 Å². The normalized spacial score (nSPS) is 24.5. The number of hydrogen-bond acceptors (Lipinski definition) is 4. The molecule has 1 spiro atoms. The summed E-state index contributed by atoms with van der Waals surface area (Å²) < 4.78 is 27.9. The molecule has 0 aromatic heterocycles. The average Bonchev–Trinajstić information content (AvgIpc) is 3.29. The van der Waals surface area contributed by atoms with Gasteiger partial charge in [0.1, 0.15) is 23.7 Å². The van der Waals surface area contributed by atoms with Crippen molar-refractivity contribution in [3.05, 3.63) is 64.7 Å². The second kappa shape index (κ2) is 8.64. The van der Waals surface area contributed by atoms with E-state index in [1.54, 1.807) is 33.0 Å². The van der Waals surface area contributed by atoms with E-state index in [1.165, 1.54) is 21.9 Å². The van der Waals surface area contributed by atoms with Gasteiger partial charge in [-0.2, -0.15) is 0 Å². The van der Waals surface area contributed by atoms with Gasteiger partial charge in [-0.3, -0.25) is 19.7 Å². The molecule has 2 fully saturated rings. The maximum atomic E-state index is 13.9. The Morgan fingerprint density at radius 3 is 2.38 bits per heavy atom. The molecule has 8 nitrogen and oxygen atoms in total. The molecule has 0 saturated carbocycles. The van der Waals surface area contributed by atoms with Gasteiger partial charge < -0.3 is 15.1 Å². The number of rotatable bonds is 4. The summed E-state index contributed by atoms with van der Waals surface area (Å²) in [6, 6.07) is 7.40. The van der Waals surface area contributed by atoms with E-state index in [0.717, 1.165) is 17.2 Å². The summed E-state index contributed by atoms with van der Waals surface area (Å²) in [5.41, 5.74) is 0.876. The number of amides is 5. The highest BCUT2D eigenvalue weighted by atomic mass is 19.1. The van der Waals surface area contributed by atoms with Gasteiger partial charge in [0.15, 0.2) is 0 Å². The summed E-state index contributed by atoms with van der Waals surface area (Å²) in [5, 5.41) is 5.17. The Kier molecular flexibility index (Phi) is 5.80. The molecule has 0 unspecified atom stereocenters. The minimum absolute atomic E-state index is 0.264. The van der Waals surface area contributed by atoms with E-state index in [0.29, 0.717) is 36.9 Å². The number of benzene rings is 2. The lowest BCUT2D eigenvalue weighted by Crippen LogP contribution is -2.50. The Hall–Kier alpha value is -3.82. The van der Waals surface area contributed by atoms with Gasteiger partial charge in [0.2, 0.25) is 11.8 Å². The number of imide groups is 1. The molecular formula is C27H28F2N4O4. The molecule has 10 heteroatoms. The zero-order chi connectivity index (χ0) is 26.7. The molecule has 3 aliphatic rings. The molecule has 194 valence electrons. The molecule has 2 atom stereocenters. The van der Waals surface area contributed by atoms with Gasteiger partial charge in [-0.25, -0.2) is 13.6 Å². The third-order valence-electron chi connectivity index (χ3n) is 7.89. The highest BCUT2D eigenvalue weighted by Gasteiger charge is 2.54. The summed E-state index contributed by atoms with van der Waals surface area (Å²) in [4.78, 5) is 53.7. The third-order valence-corrected chi connectivity index (χ3v) is 7.89. The SMILES string of the molecule is CN1C(=O)NC(=O)[C@]12Cc1ccc(NC(=O)CN3C(=O)C(C)(C)CC[C@H]3c3cc(F)cc(F)c3)cc1C2. The van der Waals surface area contributed by atoms with Crippen molar-refractivity contribution in [2.24, 2.45) is 5.41 Å². The molecule has 0 bridgehead atoms. The maximum Gasteiger partial charge on any atom is 0.324 e. The highest BCUT2D eigenvalue weighted by molar-refractivity contribution is 6.07. The van der Waals surface area contributed by atoms with Gasteiger partial charge in [-0.1, -0.05) is 19.9 Å². The fourth-order valence-electron chi connectivity index (χ4n) is 5.72. The monoisotopic (exact) mass is 510 g/mol. The summed E-state index contributed by atoms with van der Waals surface area (Å²) >= 11 is 0. The standard InChI is InChI=1S/C27H28F2N4O4/c1-26(2)7-6-21(16-8-18(28)11-19(29)9-16)33(24(26)36)14-22(34)30-20-5-4-15-12-27(13-17(15)10-20)23(35)31-25(37)32(27)3/h4-5,8-11,21H,6-7,12-14H2,1-3H3,(H,30,34)(H,31,35,37)/t21-,27+/m0/s1. The number of halogens is 2. The molecule has 1 aliphatic carbocycles. The van der Waals surface area contributed by atoms with Crippen LogP contribution in [0.1, 0.15) is 49.4 Å². The summed E-state index contributed by atoms with van der Waals surface area (Å²) in [6.07, 6.45) is 1.69. The van der Waals surface area contributed by atoms with Crippen LogP contribution < -0.4 is 10.6 Å². The molecule has 5 rings (SSSR count). The number of nitrogens with one attached hydrogen (secondary N) is 2. The highest BCUT2D eigenvalue weighted by Crippen LogP contribution is 2.41. The van der Waals surface area contributed by atoms with Gasteiger partial charge in [0.05, 0.1) is 6.04 Å². The minimum Gasteiger partial charge on any atom is -0.326 e. The minimum atomic E-state index is -0.971. The van der Waals surface area contributed by atoms with E-state index in [-0.39, 0.29) is 18.4 Å². The zero-order valence-electron chi connectivity index (χ0n) is 20.9. The second-order valence-electron chi connectivity index (χ2n) is 10.8. The van der Waals surface area contributed by atoms with Crippen LogP contribution in [0.15, 0.2) is 36.4 Å². The van der Waals surface area contributed by atoms with Crippen molar-refractivity contribution in [1.82, 2.24) is 15.1 Å². The predicted molar refractivity (Wildman–Crippen MR) is 130 cm³/mol. The van der Waals surface area contributed by atoms with Crippen molar-refractivity contribution in [2.45, 2.75) is 51.1 Å². The quantitative estimate of drug-likeness (QED) is 0.617. The molecule has 5 amide bonds. The van der Waals surface area contributed by atoms with Gasteiger partial charge in [0, 0.05) is 37.1 Å². The van der Waals surface area contributed by atoms with Crippen molar-refractivity contribution in [2.75, 3.05) is 18.9 Å². The van der Waals surface area contributed by atoms with Crippen LogP contribution in [-0.2, 0) is 27.2 Å². The molecule has 2 heterocycles. The average molecular weight is 511 g/mol. The molecule has 0 radical (unpaired) electrons. The number of likely N-dealkylation sites (N-methyl/N-ethyl adjacent to an activating group) is 1. The smallest absolute Gasteiger partial charge is 0.324 e. The Morgan fingerprint density at radius 2 is 1.73 bits per heavy atom. The van der Waals surface area contributed by atoms with E-state index in [2.05, 4.69) is 10.6 Å². The zero-order valence-corrected chi connectivity index (χ0v) is 20.9. The summed E-state index contributed by atoms with van der Waals surface area (Å²) in [6.45, 7) is 3.30. The Bertz CT molecular complexity index is 1320. The fourth-order valence-corrected chi connectivity index (χ4v) is 5.72. The lowest BCUT2D eigenvalue weighted by Gasteiger charge is -2.43. The predicted octanol–water partition coefficient (Wildman–Crippen LogP) is 3.31. The van der Waals surface area contributed by atoms with E-state index in [9.17, 15) is 28.0 Å². The Labute approximate surface area is 213 Å². The summed E-state index contributed by atoms with van der Waals surface area (Å²) in [7, 11) is 1.59. The number of carbonyl (C=O) groups excluding carboxylic acids is 4. The van der Waals surface area contributed by atoms with Crippen LogP contribution in [0, 0.1) is 17.0 Å². The van der Waals surface area contributed by atoms with Crippen LogP contribution in [0.3, 0.4) is 0 Å². The number of likely N-dealkylation sites (tertiary alicyclic amines) is 1. The molecule has 2 N–H and O–H groups in total. The number of hydrogen-bond donors (Lipinski definition) is 2. The number of urea groups is 1.